The second-order valence-corrected chi connectivity index (χ2v) is 8.03. The molecular weight excluding hydrogens is 450 g/mol. The van der Waals surface area contributed by atoms with Gasteiger partial charge in [0.05, 0.1) is 10.6 Å². The van der Waals surface area contributed by atoms with Crippen LogP contribution in [0.25, 0.3) is 0 Å². The number of nitrogens with one attached hydrogen (secondary N) is 1. The first-order valence-electron chi connectivity index (χ1n) is 8.48. The first kappa shape index (κ1) is 20.1. The lowest BCUT2D eigenvalue weighted by atomic mass is 10.2. The number of carbonyl (C=O) groups is 1. The molecule has 0 amide bonds. The third-order valence-corrected chi connectivity index (χ3v) is 5.63. The van der Waals surface area contributed by atoms with Crippen molar-refractivity contribution < 1.29 is 9.90 Å². The van der Waals surface area contributed by atoms with E-state index in [2.05, 4.69) is 55.3 Å². The quantitative estimate of drug-likeness (QED) is 0.652. The fraction of sp³-hybridized carbons (Fsp3) is 0.263. The first-order valence-corrected chi connectivity index (χ1v) is 10.1. The molecule has 2 aromatic carbocycles. The summed E-state index contributed by atoms with van der Waals surface area (Å²) in [4.78, 5) is 15.6. The van der Waals surface area contributed by atoms with Crippen LogP contribution in [-0.4, -0.2) is 52.2 Å². The maximum atomic E-state index is 11.0. The van der Waals surface area contributed by atoms with Crippen molar-refractivity contribution in [3.63, 3.8) is 0 Å². The molecule has 0 saturated carbocycles. The third-order valence-electron chi connectivity index (χ3n) is 4.43. The standard InChI is InChI=1S/C19H19BrClN3O2S/c20-14-3-1-13(2-4-14)12-23-7-9-24(10-8-23)19(27)22-15-5-6-16(18(25)26)17(21)11-15/h1-6,11H,7-10,12H2,(H,22,27)(H,25,26). The van der Waals surface area contributed by atoms with Gasteiger partial charge in [-0.15, -0.1) is 0 Å². The van der Waals surface area contributed by atoms with Gasteiger partial charge in [0.25, 0.3) is 0 Å². The Labute approximate surface area is 177 Å². The lowest BCUT2D eigenvalue weighted by Crippen LogP contribution is -2.49. The van der Waals surface area contributed by atoms with E-state index in [0.717, 1.165) is 37.2 Å². The van der Waals surface area contributed by atoms with Crippen LogP contribution in [0, 0.1) is 0 Å². The number of hydrogen-bond donors (Lipinski definition) is 2. The van der Waals surface area contributed by atoms with Crippen LogP contribution in [0.15, 0.2) is 46.9 Å². The number of aromatic carboxylic acids is 1. The molecule has 0 bridgehead atoms. The summed E-state index contributed by atoms with van der Waals surface area (Å²) in [7, 11) is 0. The molecule has 142 valence electrons. The molecule has 0 aromatic heterocycles. The highest BCUT2D eigenvalue weighted by Crippen LogP contribution is 2.21. The first-order chi connectivity index (χ1) is 12.9. The van der Waals surface area contributed by atoms with E-state index in [1.54, 1.807) is 12.1 Å². The number of carboxylic acid groups (broad SMARTS) is 1. The Morgan fingerprint density at radius 2 is 1.81 bits per heavy atom. The van der Waals surface area contributed by atoms with Gasteiger partial charge < -0.3 is 15.3 Å². The van der Waals surface area contributed by atoms with E-state index in [4.69, 9.17) is 28.9 Å². The number of rotatable bonds is 4. The molecule has 1 saturated heterocycles. The van der Waals surface area contributed by atoms with Crippen molar-refractivity contribution in [3.8, 4) is 0 Å². The average molecular weight is 469 g/mol. The van der Waals surface area contributed by atoms with E-state index in [-0.39, 0.29) is 10.6 Å². The van der Waals surface area contributed by atoms with E-state index in [1.807, 2.05) is 0 Å². The van der Waals surface area contributed by atoms with Crippen molar-refractivity contribution in [3.05, 3.63) is 63.1 Å². The zero-order valence-corrected chi connectivity index (χ0v) is 17.6. The van der Waals surface area contributed by atoms with Crippen molar-refractivity contribution >= 4 is 56.5 Å². The molecule has 27 heavy (non-hydrogen) atoms. The largest absolute Gasteiger partial charge is 0.478 e. The highest BCUT2D eigenvalue weighted by atomic mass is 79.9. The van der Waals surface area contributed by atoms with Gasteiger partial charge in [-0.05, 0) is 48.1 Å². The number of carboxylic acids is 1. The van der Waals surface area contributed by atoms with Crippen molar-refractivity contribution in [2.24, 2.45) is 0 Å². The summed E-state index contributed by atoms with van der Waals surface area (Å²) < 4.78 is 1.09. The summed E-state index contributed by atoms with van der Waals surface area (Å²) in [6.07, 6.45) is 0. The summed E-state index contributed by atoms with van der Waals surface area (Å²) in [6.45, 7) is 4.45. The van der Waals surface area contributed by atoms with Crippen LogP contribution >= 0.6 is 39.7 Å². The van der Waals surface area contributed by atoms with Gasteiger partial charge in [0.2, 0.25) is 0 Å². The topological polar surface area (TPSA) is 55.8 Å². The zero-order chi connectivity index (χ0) is 19.4. The lowest BCUT2D eigenvalue weighted by Gasteiger charge is -2.36. The molecule has 2 aromatic rings. The molecule has 2 N–H and O–H groups in total. The Morgan fingerprint density at radius 1 is 1.15 bits per heavy atom. The molecule has 0 atom stereocenters. The van der Waals surface area contributed by atoms with Gasteiger partial charge in [0.1, 0.15) is 0 Å². The van der Waals surface area contributed by atoms with Gasteiger partial charge in [-0.2, -0.15) is 0 Å². The maximum absolute atomic E-state index is 11.0. The average Bonchev–Trinajstić information content (AvgIpc) is 2.64. The highest BCUT2D eigenvalue weighted by molar-refractivity contribution is 9.10. The molecule has 1 aliphatic rings. The minimum absolute atomic E-state index is 0.0784. The number of benzene rings is 2. The smallest absolute Gasteiger partial charge is 0.337 e. The molecule has 1 fully saturated rings. The molecule has 8 heteroatoms. The van der Waals surface area contributed by atoms with Crippen LogP contribution in [0.2, 0.25) is 5.02 Å². The number of thiocarbonyl (C=S) groups is 1. The van der Waals surface area contributed by atoms with Gasteiger partial charge in [-0.1, -0.05) is 39.7 Å². The summed E-state index contributed by atoms with van der Waals surface area (Å²) >= 11 is 15.0. The molecule has 0 spiro atoms. The van der Waals surface area contributed by atoms with Crippen molar-refractivity contribution in [1.82, 2.24) is 9.80 Å². The van der Waals surface area contributed by atoms with Crippen LogP contribution in [0.3, 0.4) is 0 Å². The van der Waals surface area contributed by atoms with E-state index in [0.29, 0.717) is 10.8 Å². The van der Waals surface area contributed by atoms with Crippen LogP contribution in [-0.2, 0) is 6.54 Å². The minimum atomic E-state index is -1.05. The van der Waals surface area contributed by atoms with E-state index in [9.17, 15) is 4.79 Å². The molecule has 1 heterocycles. The number of nitrogens with zero attached hydrogens (tertiary/aromatic N) is 2. The SMILES string of the molecule is O=C(O)c1ccc(NC(=S)N2CCN(Cc3ccc(Br)cc3)CC2)cc1Cl. The lowest BCUT2D eigenvalue weighted by molar-refractivity contribution is 0.0697. The van der Waals surface area contributed by atoms with Gasteiger partial charge in [-0.3, -0.25) is 4.90 Å². The fourth-order valence-electron chi connectivity index (χ4n) is 2.93. The van der Waals surface area contributed by atoms with Crippen LogP contribution in [0.1, 0.15) is 15.9 Å². The summed E-state index contributed by atoms with van der Waals surface area (Å²) in [5, 5.41) is 13.0. The Kier molecular flexibility index (Phi) is 6.70. The normalized spacial score (nSPS) is 14.8. The second kappa shape index (κ2) is 9.01. The predicted molar refractivity (Wildman–Crippen MR) is 116 cm³/mol. The van der Waals surface area contributed by atoms with Gasteiger partial charge in [-0.25, -0.2) is 4.79 Å². The van der Waals surface area contributed by atoms with Gasteiger partial charge in [0.15, 0.2) is 5.11 Å². The van der Waals surface area contributed by atoms with Crippen LogP contribution in [0.5, 0.6) is 0 Å². The molecule has 5 nitrogen and oxygen atoms in total. The van der Waals surface area contributed by atoms with E-state index < -0.39 is 5.97 Å². The Bertz CT molecular complexity index is 839. The van der Waals surface area contributed by atoms with E-state index >= 15 is 0 Å². The molecule has 0 unspecified atom stereocenters. The number of piperazine rings is 1. The van der Waals surface area contributed by atoms with Crippen molar-refractivity contribution in [2.75, 3.05) is 31.5 Å². The van der Waals surface area contributed by atoms with Crippen LogP contribution < -0.4 is 5.32 Å². The molecule has 1 aliphatic heterocycles. The summed E-state index contributed by atoms with van der Waals surface area (Å²) in [5.74, 6) is -1.05. The molecular formula is C19H19BrClN3O2S. The maximum Gasteiger partial charge on any atom is 0.337 e. The Balaban J connectivity index is 1.51. The van der Waals surface area contributed by atoms with Gasteiger partial charge >= 0.3 is 5.97 Å². The van der Waals surface area contributed by atoms with Crippen LogP contribution in [0.4, 0.5) is 5.69 Å². The molecule has 0 aliphatic carbocycles. The van der Waals surface area contributed by atoms with Crippen molar-refractivity contribution in [2.45, 2.75) is 6.54 Å². The predicted octanol–water partition coefficient (Wildman–Crippen LogP) is 4.32. The highest BCUT2D eigenvalue weighted by Gasteiger charge is 2.19. The fourth-order valence-corrected chi connectivity index (χ4v) is 3.75. The zero-order valence-electron chi connectivity index (χ0n) is 14.5. The molecule has 3 rings (SSSR count). The third kappa shape index (κ3) is 5.42. The van der Waals surface area contributed by atoms with Crippen molar-refractivity contribution in [1.29, 1.82) is 0 Å². The number of halogens is 2. The van der Waals surface area contributed by atoms with Gasteiger partial charge in [0, 0.05) is 42.9 Å². The number of anilines is 1. The number of hydrogen-bond acceptors (Lipinski definition) is 3. The summed E-state index contributed by atoms with van der Waals surface area (Å²) in [6, 6.07) is 13.1. The molecule has 0 radical (unpaired) electrons. The second-order valence-electron chi connectivity index (χ2n) is 6.32. The monoisotopic (exact) mass is 467 g/mol. The Morgan fingerprint density at radius 3 is 2.41 bits per heavy atom. The van der Waals surface area contributed by atoms with E-state index in [1.165, 1.54) is 11.6 Å². The minimum Gasteiger partial charge on any atom is -0.478 e. The summed E-state index contributed by atoms with van der Waals surface area (Å²) in [5.41, 5.74) is 2.06. The Hall–Kier alpha value is -1.67.